The van der Waals surface area contributed by atoms with Crippen molar-refractivity contribution in [2.45, 2.75) is 44.8 Å². The molecule has 0 aromatic carbocycles. The lowest BCUT2D eigenvalue weighted by molar-refractivity contribution is -0.143. The molecule has 0 spiro atoms. The van der Waals surface area contributed by atoms with Crippen molar-refractivity contribution in [3.8, 4) is 0 Å². The molecule has 1 rings (SSSR count). The van der Waals surface area contributed by atoms with Crippen molar-refractivity contribution in [1.29, 1.82) is 0 Å². The minimum absolute atomic E-state index is 0.0417. The summed E-state index contributed by atoms with van der Waals surface area (Å²) < 4.78 is 36.7. The third-order valence-electron chi connectivity index (χ3n) is 3.42. The third-order valence-corrected chi connectivity index (χ3v) is 3.42. The summed E-state index contributed by atoms with van der Waals surface area (Å²) in [6, 6.07) is 0.0913. The van der Waals surface area contributed by atoms with Gasteiger partial charge in [-0.3, -0.25) is 9.69 Å². The average molecular weight is 295 g/mol. The number of alkyl halides is 3. The standard InChI is InChI=1S/C13H24F3N3O/c1-10(17)3-2-4-12(20)18-7-11-5-6-19(8-11)9-13(14,15)16/h10-11H,2-9,17H2,1H3,(H,18,20). The van der Waals surface area contributed by atoms with Crippen LogP contribution in [0.1, 0.15) is 32.6 Å². The Hall–Kier alpha value is -0.820. The highest BCUT2D eigenvalue weighted by molar-refractivity contribution is 5.75. The van der Waals surface area contributed by atoms with Gasteiger partial charge < -0.3 is 11.1 Å². The van der Waals surface area contributed by atoms with Crippen LogP contribution in [0.5, 0.6) is 0 Å². The van der Waals surface area contributed by atoms with Gasteiger partial charge in [-0.05, 0) is 38.6 Å². The summed E-state index contributed by atoms with van der Waals surface area (Å²) in [6.45, 7) is 2.35. The van der Waals surface area contributed by atoms with Gasteiger partial charge in [0.2, 0.25) is 5.91 Å². The van der Waals surface area contributed by atoms with Crippen LogP contribution in [0, 0.1) is 5.92 Å². The summed E-state index contributed by atoms with van der Waals surface area (Å²) in [5.41, 5.74) is 5.59. The van der Waals surface area contributed by atoms with E-state index in [0.717, 1.165) is 12.8 Å². The molecule has 7 heteroatoms. The Morgan fingerprint density at radius 3 is 2.80 bits per heavy atom. The normalized spacial score (nSPS) is 21.9. The van der Waals surface area contributed by atoms with Crippen LogP contribution in [0.25, 0.3) is 0 Å². The second-order valence-corrected chi connectivity index (χ2v) is 5.68. The number of hydrogen-bond donors (Lipinski definition) is 2. The van der Waals surface area contributed by atoms with Gasteiger partial charge in [0.05, 0.1) is 6.54 Å². The van der Waals surface area contributed by atoms with Gasteiger partial charge in [-0.25, -0.2) is 0 Å². The van der Waals surface area contributed by atoms with Gasteiger partial charge in [0, 0.05) is 25.6 Å². The molecule has 20 heavy (non-hydrogen) atoms. The van der Waals surface area contributed by atoms with Gasteiger partial charge in [-0.2, -0.15) is 13.2 Å². The fourth-order valence-electron chi connectivity index (χ4n) is 2.41. The SMILES string of the molecule is CC(N)CCCC(=O)NCC1CCN(CC(F)(F)F)C1. The van der Waals surface area contributed by atoms with Crippen molar-refractivity contribution in [3.05, 3.63) is 0 Å². The van der Waals surface area contributed by atoms with E-state index in [0.29, 0.717) is 32.5 Å². The molecular formula is C13H24F3N3O. The average Bonchev–Trinajstić information content (AvgIpc) is 2.71. The molecule has 1 saturated heterocycles. The fourth-order valence-corrected chi connectivity index (χ4v) is 2.41. The zero-order valence-electron chi connectivity index (χ0n) is 11.9. The van der Waals surface area contributed by atoms with Crippen LogP contribution in [-0.2, 0) is 4.79 Å². The second-order valence-electron chi connectivity index (χ2n) is 5.68. The minimum Gasteiger partial charge on any atom is -0.356 e. The molecule has 0 aliphatic carbocycles. The summed E-state index contributed by atoms with van der Waals surface area (Å²) in [4.78, 5) is 12.9. The van der Waals surface area contributed by atoms with Crippen LogP contribution in [0.2, 0.25) is 0 Å². The number of rotatable bonds is 7. The van der Waals surface area contributed by atoms with Crippen molar-refractivity contribution < 1.29 is 18.0 Å². The van der Waals surface area contributed by atoms with Crippen LogP contribution in [0.15, 0.2) is 0 Å². The molecule has 0 bridgehead atoms. The van der Waals surface area contributed by atoms with Crippen molar-refractivity contribution in [3.63, 3.8) is 0 Å². The Bertz CT molecular complexity index is 308. The molecule has 0 aromatic heterocycles. The number of carbonyl (C=O) groups is 1. The first-order valence-corrected chi connectivity index (χ1v) is 7.07. The zero-order valence-corrected chi connectivity index (χ0v) is 11.9. The number of halogens is 3. The number of nitrogens with one attached hydrogen (secondary N) is 1. The first-order valence-electron chi connectivity index (χ1n) is 7.07. The van der Waals surface area contributed by atoms with Gasteiger partial charge in [0.1, 0.15) is 0 Å². The molecule has 1 aliphatic rings. The molecule has 0 radical (unpaired) electrons. The summed E-state index contributed by atoms with van der Waals surface area (Å²) in [6.07, 6.45) is -1.46. The van der Waals surface area contributed by atoms with Gasteiger partial charge in [0.25, 0.3) is 0 Å². The third kappa shape index (κ3) is 7.69. The molecule has 2 unspecified atom stereocenters. The summed E-state index contributed by atoms with van der Waals surface area (Å²) in [5, 5.41) is 2.79. The topological polar surface area (TPSA) is 58.4 Å². The molecular weight excluding hydrogens is 271 g/mol. The van der Waals surface area contributed by atoms with Crippen LogP contribution >= 0.6 is 0 Å². The molecule has 2 atom stereocenters. The Morgan fingerprint density at radius 2 is 2.20 bits per heavy atom. The van der Waals surface area contributed by atoms with E-state index in [2.05, 4.69) is 5.32 Å². The Balaban J connectivity index is 2.13. The first kappa shape index (κ1) is 17.2. The Kier molecular flexibility index (Phi) is 6.75. The number of amides is 1. The quantitative estimate of drug-likeness (QED) is 0.748. The highest BCUT2D eigenvalue weighted by Gasteiger charge is 2.34. The van der Waals surface area contributed by atoms with Gasteiger partial charge >= 0.3 is 6.18 Å². The highest BCUT2D eigenvalue weighted by Crippen LogP contribution is 2.22. The summed E-state index contributed by atoms with van der Waals surface area (Å²) >= 11 is 0. The van der Waals surface area contributed by atoms with Crippen LogP contribution in [-0.4, -0.2) is 49.2 Å². The molecule has 118 valence electrons. The summed E-state index contributed by atoms with van der Waals surface area (Å²) in [7, 11) is 0. The van der Waals surface area contributed by atoms with Crippen LogP contribution < -0.4 is 11.1 Å². The van der Waals surface area contributed by atoms with Crippen molar-refractivity contribution >= 4 is 5.91 Å². The van der Waals surface area contributed by atoms with Gasteiger partial charge in [-0.15, -0.1) is 0 Å². The van der Waals surface area contributed by atoms with E-state index in [1.165, 1.54) is 4.90 Å². The lowest BCUT2D eigenvalue weighted by Gasteiger charge is -2.18. The molecule has 1 heterocycles. The highest BCUT2D eigenvalue weighted by atomic mass is 19.4. The van der Waals surface area contributed by atoms with Gasteiger partial charge in [-0.1, -0.05) is 0 Å². The lowest BCUT2D eigenvalue weighted by Crippen LogP contribution is -2.34. The Morgan fingerprint density at radius 1 is 1.50 bits per heavy atom. The molecule has 1 amide bonds. The molecule has 4 nitrogen and oxygen atoms in total. The van der Waals surface area contributed by atoms with Crippen molar-refractivity contribution in [2.75, 3.05) is 26.2 Å². The van der Waals surface area contributed by atoms with E-state index >= 15 is 0 Å². The van der Waals surface area contributed by atoms with E-state index in [9.17, 15) is 18.0 Å². The smallest absolute Gasteiger partial charge is 0.356 e. The monoisotopic (exact) mass is 295 g/mol. The maximum Gasteiger partial charge on any atom is 0.401 e. The number of nitrogens with zero attached hydrogens (tertiary/aromatic N) is 1. The van der Waals surface area contributed by atoms with E-state index in [1.54, 1.807) is 0 Å². The zero-order chi connectivity index (χ0) is 15.2. The van der Waals surface area contributed by atoms with E-state index in [1.807, 2.05) is 6.92 Å². The second kappa shape index (κ2) is 7.83. The molecule has 1 fully saturated rings. The largest absolute Gasteiger partial charge is 0.401 e. The number of likely N-dealkylation sites (tertiary alicyclic amines) is 1. The minimum atomic E-state index is -4.14. The molecule has 1 aliphatic heterocycles. The van der Waals surface area contributed by atoms with Gasteiger partial charge in [0.15, 0.2) is 0 Å². The van der Waals surface area contributed by atoms with E-state index < -0.39 is 12.7 Å². The predicted octanol–water partition coefficient (Wildman–Crippen LogP) is 1.50. The van der Waals surface area contributed by atoms with Crippen LogP contribution in [0.4, 0.5) is 13.2 Å². The van der Waals surface area contributed by atoms with E-state index in [4.69, 9.17) is 5.73 Å². The van der Waals surface area contributed by atoms with E-state index in [-0.39, 0.29) is 17.9 Å². The first-order chi connectivity index (χ1) is 9.26. The molecule has 0 saturated carbocycles. The predicted molar refractivity (Wildman–Crippen MR) is 71.1 cm³/mol. The fraction of sp³-hybridized carbons (Fsp3) is 0.923. The Labute approximate surface area is 117 Å². The molecule has 0 aromatic rings. The van der Waals surface area contributed by atoms with Crippen molar-refractivity contribution in [1.82, 2.24) is 10.2 Å². The number of carbonyl (C=O) groups excluding carboxylic acids is 1. The summed E-state index contributed by atoms with van der Waals surface area (Å²) in [5.74, 6) is 0.0784. The maximum atomic E-state index is 12.2. The number of hydrogen-bond acceptors (Lipinski definition) is 3. The number of nitrogens with two attached hydrogens (primary N) is 1. The lowest BCUT2D eigenvalue weighted by atomic mass is 10.1. The molecule has 3 N–H and O–H groups in total. The van der Waals surface area contributed by atoms with Crippen LogP contribution in [0.3, 0.4) is 0 Å². The maximum absolute atomic E-state index is 12.2. The van der Waals surface area contributed by atoms with Crippen molar-refractivity contribution in [2.24, 2.45) is 11.7 Å².